The summed E-state index contributed by atoms with van der Waals surface area (Å²) in [5.41, 5.74) is 7.00. The zero-order chi connectivity index (χ0) is 17.8. The lowest BCUT2D eigenvalue weighted by molar-refractivity contribution is 0.922. The molecule has 0 radical (unpaired) electrons. The number of aryl methyl sites for hydroxylation is 2. The van der Waals surface area contributed by atoms with Gasteiger partial charge in [0, 0.05) is 0 Å². The fourth-order valence-electron chi connectivity index (χ4n) is 2.59. The van der Waals surface area contributed by atoms with Crippen LogP contribution >= 0.6 is 0 Å². The molecular weight excluding hydrogens is 288 g/mol. The Hall–Kier alpha value is -2.08. The normalized spacial score (nSPS) is 11.3. The van der Waals surface area contributed by atoms with Gasteiger partial charge in [-0.15, -0.1) is 6.58 Å². The van der Waals surface area contributed by atoms with E-state index in [2.05, 4.69) is 81.1 Å². The van der Waals surface area contributed by atoms with Crippen LogP contribution in [0.3, 0.4) is 0 Å². The van der Waals surface area contributed by atoms with E-state index in [4.69, 9.17) is 0 Å². The van der Waals surface area contributed by atoms with E-state index in [-0.39, 0.29) is 0 Å². The van der Waals surface area contributed by atoms with Crippen LogP contribution in [0, 0.1) is 6.92 Å². The molecule has 0 heterocycles. The number of fused-ring (bicyclic) bond motifs is 1. The van der Waals surface area contributed by atoms with Gasteiger partial charge in [0.05, 0.1) is 0 Å². The van der Waals surface area contributed by atoms with Crippen molar-refractivity contribution in [2.75, 3.05) is 0 Å². The molecule has 0 nitrogen and oxygen atoms in total. The van der Waals surface area contributed by atoms with Crippen molar-refractivity contribution in [3.8, 4) is 0 Å². The molecule has 0 aliphatic heterocycles. The average molecular weight is 321 g/mol. The fraction of sp³-hybridized carbons (Fsp3) is 0.333. The highest BCUT2D eigenvalue weighted by molar-refractivity contribution is 5.58. The van der Waals surface area contributed by atoms with Gasteiger partial charge in [0.15, 0.2) is 0 Å². The van der Waals surface area contributed by atoms with Gasteiger partial charge in [-0.2, -0.15) is 0 Å². The van der Waals surface area contributed by atoms with Gasteiger partial charge in [-0.25, -0.2) is 0 Å². The van der Waals surface area contributed by atoms with Gasteiger partial charge in [0.1, 0.15) is 0 Å². The molecule has 0 amide bonds. The first-order chi connectivity index (χ1) is 11.5. The first kappa shape index (κ1) is 20.0. The predicted molar refractivity (Wildman–Crippen MR) is 109 cm³/mol. The molecule has 128 valence electrons. The van der Waals surface area contributed by atoms with Crippen LogP contribution in [0.1, 0.15) is 55.9 Å². The molecule has 0 unspecified atom stereocenters. The average Bonchev–Trinajstić information content (AvgIpc) is 2.57. The molecule has 1 aliphatic rings. The largest absolute Gasteiger partial charge is 0.100 e. The SMILES string of the molecule is C=C(C)C.CCCc1ccccc1.Cc1cccc2c1CCC=C2. The van der Waals surface area contributed by atoms with Gasteiger partial charge in [-0.05, 0) is 62.3 Å². The minimum atomic E-state index is 1.17. The van der Waals surface area contributed by atoms with Crippen LogP contribution < -0.4 is 0 Å². The van der Waals surface area contributed by atoms with Crippen molar-refractivity contribution in [1.82, 2.24) is 0 Å². The van der Waals surface area contributed by atoms with E-state index >= 15 is 0 Å². The van der Waals surface area contributed by atoms with Crippen LogP contribution in [0.25, 0.3) is 6.08 Å². The summed E-state index contributed by atoms with van der Waals surface area (Å²) in [5, 5.41) is 0. The first-order valence-corrected chi connectivity index (χ1v) is 8.95. The van der Waals surface area contributed by atoms with Crippen LogP contribution in [0.4, 0.5) is 0 Å². The molecule has 24 heavy (non-hydrogen) atoms. The van der Waals surface area contributed by atoms with Gasteiger partial charge in [-0.1, -0.05) is 79.6 Å². The van der Waals surface area contributed by atoms with Gasteiger partial charge in [-0.3, -0.25) is 0 Å². The molecule has 2 aromatic carbocycles. The highest BCUT2D eigenvalue weighted by atomic mass is 14.1. The number of hydrogen-bond donors (Lipinski definition) is 0. The number of hydrogen-bond acceptors (Lipinski definition) is 0. The second-order valence-corrected chi connectivity index (χ2v) is 6.53. The smallest absolute Gasteiger partial charge is 0.0225 e. The van der Waals surface area contributed by atoms with E-state index < -0.39 is 0 Å². The maximum absolute atomic E-state index is 3.56. The first-order valence-electron chi connectivity index (χ1n) is 8.95. The number of allylic oxidation sites excluding steroid dienone is 2. The van der Waals surface area contributed by atoms with Crippen molar-refractivity contribution in [1.29, 1.82) is 0 Å². The molecule has 2 aromatic rings. The Labute approximate surface area is 148 Å². The van der Waals surface area contributed by atoms with Crippen molar-refractivity contribution < 1.29 is 0 Å². The molecular formula is C24H32. The third kappa shape index (κ3) is 7.97. The Morgan fingerprint density at radius 3 is 2.25 bits per heavy atom. The zero-order valence-corrected chi connectivity index (χ0v) is 15.8. The minimum absolute atomic E-state index is 1.17. The lowest BCUT2D eigenvalue weighted by atomic mass is 9.94. The summed E-state index contributed by atoms with van der Waals surface area (Å²) in [5.74, 6) is 0. The van der Waals surface area contributed by atoms with Crippen LogP contribution in [0.2, 0.25) is 0 Å². The van der Waals surface area contributed by atoms with Crippen molar-refractivity contribution in [2.24, 2.45) is 0 Å². The third-order valence-electron chi connectivity index (χ3n) is 3.69. The molecule has 0 N–H and O–H groups in total. The van der Waals surface area contributed by atoms with E-state index in [1.54, 1.807) is 0 Å². The molecule has 0 saturated carbocycles. The Bertz CT molecular complexity index is 628. The van der Waals surface area contributed by atoms with Crippen LogP contribution in [-0.4, -0.2) is 0 Å². The maximum Gasteiger partial charge on any atom is -0.0225 e. The standard InChI is InChI=1S/C11H12.C9H12.C4H8/c1-9-5-4-7-10-6-2-3-8-11(9)10;1-2-6-9-7-4-3-5-8-9;1-4(2)3/h2,4-7H,3,8H2,1H3;3-5,7-8H,2,6H2,1H3;1H2,2-3H3. The Balaban J connectivity index is 0.000000201. The number of benzene rings is 2. The Kier molecular flexibility index (Phi) is 9.53. The van der Waals surface area contributed by atoms with Crippen molar-refractivity contribution in [3.05, 3.63) is 89.0 Å². The maximum atomic E-state index is 3.56. The highest BCUT2D eigenvalue weighted by Gasteiger charge is 2.04. The van der Waals surface area contributed by atoms with Crippen molar-refractivity contribution in [3.63, 3.8) is 0 Å². The minimum Gasteiger partial charge on any atom is -0.100 e. The monoisotopic (exact) mass is 320 g/mol. The van der Waals surface area contributed by atoms with E-state index in [1.165, 1.54) is 53.5 Å². The molecule has 0 atom stereocenters. The van der Waals surface area contributed by atoms with Crippen molar-refractivity contribution >= 4 is 6.08 Å². The van der Waals surface area contributed by atoms with E-state index in [1.807, 2.05) is 13.8 Å². The summed E-state index contributed by atoms with van der Waals surface area (Å²) < 4.78 is 0. The van der Waals surface area contributed by atoms with Gasteiger partial charge >= 0.3 is 0 Å². The van der Waals surface area contributed by atoms with Gasteiger partial charge in [0.25, 0.3) is 0 Å². The zero-order valence-electron chi connectivity index (χ0n) is 15.8. The second-order valence-electron chi connectivity index (χ2n) is 6.53. The van der Waals surface area contributed by atoms with E-state index in [9.17, 15) is 0 Å². The van der Waals surface area contributed by atoms with Gasteiger partial charge < -0.3 is 0 Å². The van der Waals surface area contributed by atoms with Crippen molar-refractivity contribution in [2.45, 2.75) is 53.4 Å². The molecule has 0 aromatic heterocycles. The van der Waals surface area contributed by atoms with Crippen LogP contribution in [0.15, 0.2) is 66.8 Å². The Morgan fingerprint density at radius 1 is 1.00 bits per heavy atom. The summed E-state index contributed by atoms with van der Waals surface area (Å²) in [6.45, 7) is 11.9. The lowest BCUT2D eigenvalue weighted by Crippen LogP contribution is -1.96. The topological polar surface area (TPSA) is 0 Å². The molecule has 1 aliphatic carbocycles. The molecule has 0 saturated heterocycles. The van der Waals surface area contributed by atoms with E-state index in [0.29, 0.717) is 0 Å². The summed E-state index contributed by atoms with van der Waals surface area (Å²) in [7, 11) is 0. The van der Waals surface area contributed by atoms with Gasteiger partial charge in [0.2, 0.25) is 0 Å². The number of rotatable bonds is 2. The summed E-state index contributed by atoms with van der Waals surface area (Å²) >= 11 is 0. The molecule has 0 fully saturated rings. The molecule has 3 rings (SSSR count). The van der Waals surface area contributed by atoms with Crippen LogP contribution in [-0.2, 0) is 12.8 Å². The summed E-state index contributed by atoms with van der Waals surface area (Å²) in [4.78, 5) is 0. The quantitative estimate of drug-likeness (QED) is 0.514. The molecule has 0 spiro atoms. The summed E-state index contributed by atoms with van der Waals surface area (Å²) in [6.07, 6.45) is 9.36. The molecule has 0 bridgehead atoms. The highest BCUT2D eigenvalue weighted by Crippen LogP contribution is 2.21. The summed E-state index contributed by atoms with van der Waals surface area (Å²) in [6, 6.07) is 17.1. The lowest BCUT2D eigenvalue weighted by Gasteiger charge is -2.12. The third-order valence-corrected chi connectivity index (χ3v) is 3.69. The van der Waals surface area contributed by atoms with Crippen LogP contribution in [0.5, 0.6) is 0 Å². The fourth-order valence-corrected chi connectivity index (χ4v) is 2.59. The predicted octanol–water partition coefficient (Wildman–Crippen LogP) is 7.18. The van der Waals surface area contributed by atoms with E-state index in [0.717, 1.165) is 0 Å². The Morgan fingerprint density at radius 2 is 1.67 bits per heavy atom. The second kappa shape index (κ2) is 11.5. The molecule has 0 heteroatoms.